The summed E-state index contributed by atoms with van der Waals surface area (Å²) < 4.78 is 5.06. The van der Waals surface area contributed by atoms with Crippen molar-refractivity contribution in [2.75, 3.05) is 13.7 Å². The lowest BCUT2D eigenvalue weighted by atomic mass is 10.2. The zero-order valence-corrected chi connectivity index (χ0v) is 12.9. The van der Waals surface area contributed by atoms with Crippen molar-refractivity contribution in [3.8, 4) is 5.75 Å². The summed E-state index contributed by atoms with van der Waals surface area (Å²) in [6.07, 6.45) is 3.80. The van der Waals surface area contributed by atoms with E-state index in [2.05, 4.69) is 10.6 Å². The predicted molar refractivity (Wildman–Crippen MR) is 87.1 cm³/mol. The van der Waals surface area contributed by atoms with Crippen LogP contribution in [0.2, 0.25) is 0 Å². The number of aliphatic hydroxyl groups is 1. The Morgan fingerprint density at radius 2 is 2.10 bits per heavy atom. The van der Waals surface area contributed by atoms with Gasteiger partial charge in [0.15, 0.2) is 5.11 Å². The molecular weight excluding hydrogens is 288 g/mol. The Labute approximate surface area is 130 Å². The fraction of sp³-hybridized carbons (Fsp3) is 0.333. The molecule has 3 N–H and O–H groups in total. The van der Waals surface area contributed by atoms with E-state index in [1.54, 1.807) is 13.2 Å². The van der Waals surface area contributed by atoms with Crippen molar-refractivity contribution >= 4 is 29.3 Å². The van der Waals surface area contributed by atoms with Crippen LogP contribution < -0.4 is 15.4 Å². The van der Waals surface area contributed by atoms with Crippen LogP contribution in [0, 0.1) is 0 Å². The van der Waals surface area contributed by atoms with Crippen molar-refractivity contribution in [2.24, 2.45) is 0 Å². The molecule has 5 nitrogen and oxygen atoms in total. The molecule has 1 aromatic carbocycles. The average Bonchev–Trinajstić information content (AvgIpc) is 2.51. The molecule has 0 saturated carbocycles. The highest BCUT2D eigenvalue weighted by atomic mass is 32.1. The monoisotopic (exact) mass is 308 g/mol. The molecule has 0 aromatic heterocycles. The van der Waals surface area contributed by atoms with E-state index < -0.39 is 0 Å². The molecule has 0 spiro atoms. The van der Waals surface area contributed by atoms with Gasteiger partial charge in [-0.3, -0.25) is 10.1 Å². The zero-order valence-electron chi connectivity index (χ0n) is 12.1. The lowest BCUT2D eigenvalue weighted by molar-refractivity contribution is -0.115. The molecule has 0 radical (unpaired) electrons. The van der Waals surface area contributed by atoms with Crippen molar-refractivity contribution < 1.29 is 14.6 Å². The largest absolute Gasteiger partial charge is 0.497 e. The van der Waals surface area contributed by atoms with Gasteiger partial charge in [-0.15, -0.1) is 0 Å². The van der Waals surface area contributed by atoms with E-state index in [9.17, 15) is 4.79 Å². The molecule has 0 aliphatic heterocycles. The fourth-order valence-corrected chi connectivity index (χ4v) is 1.81. The first-order valence-electron chi connectivity index (χ1n) is 6.63. The summed E-state index contributed by atoms with van der Waals surface area (Å²) in [5.41, 5.74) is 0.881. The van der Waals surface area contributed by atoms with E-state index in [1.807, 2.05) is 31.2 Å². The molecule has 1 rings (SSSR count). The minimum atomic E-state index is -0.323. The maximum absolute atomic E-state index is 11.7. The number of carbonyl (C=O) groups is 1. The summed E-state index contributed by atoms with van der Waals surface area (Å²) in [7, 11) is 1.60. The highest BCUT2D eigenvalue weighted by Gasteiger charge is 2.07. The Balaban J connectivity index is 2.48. The number of benzene rings is 1. The van der Waals surface area contributed by atoms with Gasteiger partial charge in [0.1, 0.15) is 5.75 Å². The van der Waals surface area contributed by atoms with Gasteiger partial charge in [0, 0.05) is 6.08 Å². The Hall–Kier alpha value is -1.92. The summed E-state index contributed by atoms with van der Waals surface area (Å²) >= 11 is 5.00. The molecule has 1 amide bonds. The van der Waals surface area contributed by atoms with Crippen LogP contribution in [0.4, 0.5) is 0 Å². The third kappa shape index (κ3) is 6.37. The van der Waals surface area contributed by atoms with Crippen LogP contribution >= 0.6 is 12.2 Å². The van der Waals surface area contributed by atoms with Gasteiger partial charge >= 0.3 is 0 Å². The molecule has 1 unspecified atom stereocenters. The van der Waals surface area contributed by atoms with Gasteiger partial charge in [-0.25, -0.2) is 0 Å². The summed E-state index contributed by atoms with van der Waals surface area (Å²) in [5, 5.41) is 14.6. The van der Waals surface area contributed by atoms with Gasteiger partial charge < -0.3 is 15.2 Å². The quantitative estimate of drug-likeness (QED) is 0.548. The lowest BCUT2D eigenvalue weighted by Gasteiger charge is -2.15. The maximum Gasteiger partial charge on any atom is 0.250 e. The minimum absolute atomic E-state index is 0.0335. The van der Waals surface area contributed by atoms with Crippen LogP contribution in [0.1, 0.15) is 18.9 Å². The number of nitrogens with one attached hydrogen (secondary N) is 2. The van der Waals surface area contributed by atoms with E-state index in [4.69, 9.17) is 22.1 Å². The number of hydrogen-bond donors (Lipinski definition) is 3. The topological polar surface area (TPSA) is 70.6 Å². The first kappa shape index (κ1) is 17.1. The van der Waals surface area contributed by atoms with E-state index in [-0.39, 0.29) is 23.7 Å². The second kappa shape index (κ2) is 9.10. The first-order valence-corrected chi connectivity index (χ1v) is 7.04. The Kier molecular flexibility index (Phi) is 7.42. The Morgan fingerprint density at radius 1 is 1.43 bits per heavy atom. The fourth-order valence-electron chi connectivity index (χ4n) is 1.54. The third-order valence-corrected chi connectivity index (χ3v) is 3.05. The summed E-state index contributed by atoms with van der Waals surface area (Å²) in [4.78, 5) is 11.7. The number of thiocarbonyl (C=S) groups is 1. The van der Waals surface area contributed by atoms with Crippen molar-refractivity contribution in [1.82, 2.24) is 10.6 Å². The minimum Gasteiger partial charge on any atom is -0.497 e. The van der Waals surface area contributed by atoms with Gasteiger partial charge in [0.05, 0.1) is 19.8 Å². The van der Waals surface area contributed by atoms with Crippen LogP contribution in [-0.2, 0) is 4.79 Å². The number of rotatable bonds is 6. The number of amides is 1. The molecule has 114 valence electrons. The second-order valence-corrected chi connectivity index (χ2v) is 4.77. The summed E-state index contributed by atoms with van der Waals surface area (Å²) in [6.45, 7) is 1.89. The first-order chi connectivity index (χ1) is 10.1. The molecule has 1 aromatic rings. The molecule has 0 saturated heterocycles. The van der Waals surface area contributed by atoms with Crippen LogP contribution in [-0.4, -0.2) is 35.9 Å². The second-order valence-electron chi connectivity index (χ2n) is 4.36. The van der Waals surface area contributed by atoms with Crippen molar-refractivity contribution in [2.45, 2.75) is 19.4 Å². The SMILES string of the molecule is CCC(CO)NC(=S)NC(=O)/C=C/c1ccc(OC)cc1. The van der Waals surface area contributed by atoms with Crippen LogP contribution in [0.15, 0.2) is 30.3 Å². The number of hydrogen-bond acceptors (Lipinski definition) is 4. The molecule has 0 heterocycles. The zero-order chi connectivity index (χ0) is 15.7. The van der Waals surface area contributed by atoms with E-state index >= 15 is 0 Å². The Bertz CT molecular complexity index is 496. The smallest absolute Gasteiger partial charge is 0.250 e. The standard InChI is InChI=1S/C15H20N2O3S/c1-3-12(10-18)16-15(21)17-14(19)9-6-11-4-7-13(20-2)8-5-11/h4-9,12,18H,3,10H2,1-2H3,(H2,16,17,19,21)/b9-6+. The highest BCUT2D eigenvalue weighted by molar-refractivity contribution is 7.80. The van der Waals surface area contributed by atoms with Gasteiger partial charge in [0.25, 0.3) is 0 Å². The molecule has 21 heavy (non-hydrogen) atoms. The normalized spacial score (nSPS) is 12.0. The number of aliphatic hydroxyl groups excluding tert-OH is 1. The highest BCUT2D eigenvalue weighted by Crippen LogP contribution is 2.12. The average molecular weight is 308 g/mol. The number of ether oxygens (including phenoxy) is 1. The van der Waals surface area contributed by atoms with Gasteiger partial charge in [0.2, 0.25) is 5.91 Å². The number of methoxy groups -OCH3 is 1. The van der Waals surface area contributed by atoms with Gasteiger partial charge in [-0.1, -0.05) is 19.1 Å². The van der Waals surface area contributed by atoms with E-state index in [1.165, 1.54) is 6.08 Å². The van der Waals surface area contributed by atoms with Crippen LogP contribution in [0.25, 0.3) is 6.08 Å². The summed E-state index contributed by atoms with van der Waals surface area (Å²) in [5.74, 6) is 0.438. The van der Waals surface area contributed by atoms with Crippen molar-refractivity contribution in [3.63, 3.8) is 0 Å². The number of carbonyl (C=O) groups excluding carboxylic acids is 1. The molecule has 0 aliphatic carbocycles. The van der Waals surface area contributed by atoms with Crippen LogP contribution in [0.3, 0.4) is 0 Å². The molecular formula is C15H20N2O3S. The molecule has 1 atom stereocenters. The lowest BCUT2D eigenvalue weighted by Crippen LogP contribution is -2.45. The predicted octanol–water partition coefficient (Wildman–Crippen LogP) is 1.47. The molecule has 0 fully saturated rings. The maximum atomic E-state index is 11.7. The molecule has 6 heteroatoms. The van der Waals surface area contributed by atoms with Crippen molar-refractivity contribution in [1.29, 1.82) is 0 Å². The van der Waals surface area contributed by atoms with E-state index in [0.717, 1.165) is 11.3 Å². The van der Waals surface area contributed by atoms with Gasteiger partial charge in [-0.2, -0.15) is 0 Å². The molecule has 0 bridgehead atoms. The third-order valence-electron chi connectivity index (χ3n) is 2.83. The molecule has 0 aliphatic rings. The summed E-state index contributed by atoms with van der Waals surface area (Å²) in [6, 6.07) is 7.17. The van der Waals surface area contributed by atoms with Crippen molar-refractivity contribution in [3.05, 3.63) is 35.9 Å². The van der Waals surface area contributed by atoms with Gasteiger partial charge in [-0.05, 0) is 42.4 Å². The van der Waals surface area contributed by atoms with Crippen LogP contribution in [0.5, 0.6) is 5.75 Å². The Morgan fingerprint density at radius 3 is 2.62 bits per heavy atom. The van der Waals surface area contributed by atoms with E-state index in [0.29, 0.717) is 6.42 Å².